The van der Waals surface area contributed by atoms with Crippen molar-refractivity contribution in [2.75, 3.05) is 18.6 Å². The Morgan fingerprint density at radius 3 is 2.46 bits per heavy atom. The SMILES string of the molecule is COC(=O)C(C)(C)C1C=CN(C(=O)OCC(Cl)(Cl)Cl)c2ccc(Cl)cc21. The zero-order valence-electron chi connectivity index (χ0n) is 14.3. The Labute approximate surface area is 171 Å². The third-order valence-electron chi connectivity index (χ3n) is 4.06. The van der Waals surface area contributed by atoms with E-state index in [9.17, 15) is 9.59 Å². The van der Waals surface area contributed by atoms with Crippen LogP contribution in [0.2, 0.25) is 5.02 Å². The summed E-state index contributed by atoms with van der Waals surface area (Å²) in [4.78, 5) is 25.9. The maximum atomic E-state index is 12.4. The minimum atomic E-state index is -1.71. The molecule has 0 fully saturated rings. The normalized spacial score (nSPS) is 16.9. The Bertz CT molecular complexity index is 743. The van der Waals surface area contributed by atoms with Crippen LogP contribution in [-0.4, -0.2) is 29.6 Å². The number of rotatable bonds is 3. The summed E-state index contributed by atoms with van der Waals surface area (Å²) in [6, 6.07) is 5.00. The predicted molar refractivity (Wildman–Crippen MR) is 103 cm³/mol. The van der Waals surface area contributed by atoms with Gasteiger partial charge in [0.05, 0.1) is 18.2 Å². The van der Waals surface area contributed by atoms with Gasteiger partial charge in [-0.25, -0.2) is 4.79 Å². The molecule has 1 atom stereocenters. The predicted octanol–water partition coefficient (Wildman–Crippen LogP) is 5.46. The molecule has 142 valence electrons. The van der Waals surface area contributed by atoms with Crippen LogP contribution in [0.3, 0.4) is 0 Å². The Morgan fingerprint density at radius 2 is 1.88 bits per heavy atom. The molecule has 2 rings (SSSR count). The van der Waals surface area contributed by atoms with Gasteiger partial charge in [0.15, 0.2) is 0 Å². The van der Waals surface area contributed by atoms with Gasteiger partial charge in [-0.3, -0.25) is 9.69 Å². The highest BCUT2D eigenvalue weighted by molar-refractivity contribution is 6.67. The number of benzene rings is 1. The molecule has 0 saturated carbocycles. The van der Waals surface area contributed by atoms with Gasteiger partial charge < -0.3 is 9.47 Å². The van der Waals surface area contributed by atoms with Crippen LogP contribution in [0.25, 0.3) is 0 Å². The second kappa shape index (κ2) is 7.85. The van der Waals surface area contributed by atoms with Crippen LogP contribution in [0.4, 0.5) is 10.5 Å². The van der Waals surface area contributed by atoms with Gasteiger partial charge >= 0.3 is 12.1 Å². The third-order valence-corrected chi connectivity index (χ3v) is 4.62. The lowest BCUT2D eigenvalue weighted by Gasteiger charge is -2.36. The number of hydrogen-bond donors (Lipinski definition) is 0. The van der Waals surface area contributed by atoms with E-state index in [2.05, 4.69) is 0 Å². The van der Waals surface area contributed by atoms with Crippen LogP contribution in [0.1, 0.15) is 25.3 Å². The summed E-state index contributed by atoms with van der Waals surface area (Å²) >= 11 is 23.0. The minimum absolute atomic E-state index is 0.360. The topological polar surface area (TPSA) is 55.8 Å². The van der Waals surface area contributed by atoms with E-state index in [1.807, 2.05) is 0 Å². The maximum Gasteiger partial charge on any atom is 0.418 e. The van der Waals surface area contributed by atoms with Gasteiger partial charge in [-0.2, -0.15) is 0 Å². The number of amides is 1. The molecule has 0 saturated heterocycles. The molecule has 1 amide bonds. The van der Waals surface area contributed by atoms with Crippen LogP contribution >= 0.6 is 46.4 Å². The number of allylic oxidation sites excluding steroid dienone is 1. The van der Waals surface area contributed by atoms with Gasteiger partial charge in [0.25, 0.3) is 0 Å². The number of methoxy groups -OCH3 is 1. The summed E-state index contributed by atoms with van der Waals surface area (Å²) in [5.41, 5.74) is 0.326. The van der Waals surface area contributed by atoms with E-state index < -0.39 is 21.9 Å². The smallest absolute Gasteiger partial charge is 0.418 e. The number of carbonyl (C=O) groups is 2. The number of nitrogens with zero attached hydrogens (tertiary/aromatic N) is 1. The fourth-order valence-electron chi connectivity index (χ4n) is 2.74. The molecule has 26 heavy (non-hydrogen) atoms. The number of esters is 1. The summed E-state index contributed by atoms with van der Waals surface area (Å²) in [5, 5.41) is 0.472. The van der Waals surface area contributed by atoms with E-state index >= 15 is 0 Å². The highest BCUT2D eigenvalue weighted by atomic mass is 35.6. The molecule has 1 aromatic rings. The van der Waals surface area contributed by atoms with E-state index in [-0.39, 0.29) is 11.9 Å². The van der Waals surface area contributed by atoms with Crippen LogP contribution in [-0.2, 0) is 14.3 Å². The average Bonchev–Trinajstić information content (AvgIpc) is 2.56. The summed E-state index contributed by atoms with van der Waals surface area (Å²) in [6.07, 6.45) is 2.52. The van der Waals surface area contributed by atoms with Crippen LogP contribution < -0.4 is 4.90 Å². The second-order valence-electron chi connectivity index (χ2n) is 6.28. The lowest BCUT2D eigenvalue weighted by molar-refractivity contribution is -0.151. The van der Waals surface area contributed by atoms with Crippen LogP contribution in [0.5, 0.6) is 0 Å². The summed E-state index contributed by atoms with van der Waals surface area (Å²) in [7, 11) is 1.33. The quantitative estimate of drug-likeness (QED) is 0.462. The standard InChI is InChI=1S/C17H17Cl4NO4/c1-16(2,14(23)25-3)12-6-7-22(15(24)26-9-17(19,20)21)13-5-4-10(18)8-11(12)13/h4-8,12H,9H2,1-3H3. The van der Waals surface area contributed by atoms with Crippen LogP contribution in [0, 0.1) is 5.41 Å². The Hall–Kier alpha value is -1.14. The molecule has 0 N–H and O–H groups in total. The molecule has 0 spiro atoms. The largest absolute Gasteiger partial charge is 0.469 e. The number of carbonyl (C=O) groups excluding carboxylic acids is 2. The zero-order valence-corrected chi connectivity index (χ0v) is 17.3. The van der Waals surface area contributed by atoms with Crippen molar-refractivity contribution in [1.82, 2.24) is 0 Å². The first-order chi connectivity index (χ1) is 12.0. The molecule has 0 bridgehead atoms. The Balaban J connectivity index is 2.40. The molecule has 1 unspecified atom stereocenters. The monoisotopic (exact) mass is 439 g/mol. The summed E-state index contributed by atoms with van der Waals surface area (Å²) in [5.74, 6) is -0.744. The van der Waals surface area contributed by atoms with Gasteiger partial charge in [-0.1, -0.05) is 52.5 Å². The molecule has 1 heterocycles. The fraction of sp³-hybridized carbons (Fsp3) is 0.412. The van der Waals surface area contributed by atoms with Crippen molar-refractivity contribution in [3.63, 3.8) is 0 Å². The number of anilines is 1. The molecule has 9 heteroatoms. The van der Waals surface area contributed by atoms with Gasteiger partial charge in [0, 0.05) is 17.1 Å². The van der Waals surface area contributed by atoms with Crippen molar-refractivity contribution >= 4 is 64.2 Å². The first-order valence-electron chi connectivity index (χ1n) is 7.56. The number of ether oxygens (including phenoxy) is 2. The Kier molecular flexibility index (Phi) is 6.39. The van der Waals surface area contributed by atoms with E-state index in [4.69, 9.17) is 55.9 Å². The van der Waals surface area contributed by atoms with E-state index in [0.717, 1.165) is 0 Å². The minimum Gasteiger partial charge on any atom is -0.469 e. The van der Waals surface area contributed by atoms with Gasteiger partial charge in [0.1, 0.15) is 6.61 Å². The van der Waals surface area contributed by atoms with Crippen molar-refractivity contribution in [3.8, 4) is 0 Å². The zero-order chi connectivity index (χ0) is 19.7. The van der Waals surface area contributed by atoms with Crippen LogP contribution in [0.15, 0.2) is 30.5 Å². The molecule has 0 aromatic heterocycles. The van der Waals surface area contributed by atoms with E-state index in [0.29, 0.717) is 16.3 Å². The first-order valence-corrected chi connectivity index (χ1v) is 9.07. The van der Waals surface area contributed by atoms with E-state index in [1.54, 1.807) is 38.1 Å². The average molecular weight is 441 g/mol. The molecule has 5 nitrogen and oxygen atoms in total. The number of hydrogen-bond acceptors (Lipinski definition) is 4. The summed E-state index contributed by atoms with van der Waals surface area (Å²) < 4.78 is 8.23. The van der Waals surface area contributed by atoms with Crippen molar-refractivity contribution in [1.29, 1.82) is 0 Å². The lowest BCUT2D eigenvalue weighted by atomic mass is 9.73. The molecule has 1 aliphatic rings. The second-order valence-corrected chi connectivity index (χ2v) is 9.23. The maximum absolute atomic E-state index is 12.4. The Morgan fingerprint density at radius 1 is 1.23 bits per heavy atom. The number of fused-ring (bicyclic) bond motifs is 1. The highest BCUT2D eigenvalue weighted by Gasteiger charge is 2.41. The van der Waals surface area contributed by atoms with Gasteiger partial charge in [0.2, 0.25) is 3.79 Å². The molecule has 0 radical (unpaired) electrons. The number of alkyl halides is 3. The van der Waals surface area contributed by atoms with E-state index in [1.165, 1.54) is 18.2 Å². The summed E-state index contributed by atoms with van der Waals surface area (Å²) in [6.45, 7) is 3.12. The van der Waals surface area contributed by atoms with Gasteiger partial charge in [-0.05, 0) is 37.6 Å². The fourth-order valence-corrected chi connectivity index (χ4v) is 3.09. The highest BCUT2D eigenvalue weighted by Crippen LogP contribution is 2.45. The van der Waals surface area contributed by atoms with Crippen molar-refractivity contribution in [2.24, 2.45) is 5.41 Å². The van der Waals surface area contributed by atoms with Gasteiger partial charge in [-0.15, -0.1) is 0 Å². The third kappa shape index (κ3) is 4.58. The molecule has 1 aromatic carbocycles. The molecular weight excluding hydrogens is 424 g/mol. The molecular formula is C17H17Cl4NO4. The lowest BCUT2D eigenvalue weighted by Crippen LogP contribution is -2.37. The molecule has 0 aliphatic carbocycles. The van der Waals surface area contributed by atoms with Crippen molar-refractivity contribution in [3.05, 3.63) is 41.1 Å². The van der Waals surface area contributed by atoms with Crippen molar-refractivity contribution in [2.45, 2.75) is 23.6 Å². The van der Waals surface area contributed by atoms with Crippen molar-refractivity contribution < 1.29 is 19.1 Å². The first kappa shape index (κ1) is 21.2. The molecule has 1 aliphatic heterocycles. The number of halogens is 4.